The van der Waals surface area contributed by atoms with Gasteiger partial charge in [-0.2, -0.15) is 0 Å². The Morgan fingerprint density at radius 3 is 2.61 bits per heavy atom. The lowest BCUT2D eigenvalue weighted by atomic mass is 10.3. The minimum Gasteiger partial charge on any atom is -0.495 e. The smallest absolute Gasteiger partial charge is 0.261 e. The van der Waals surface area contributed by atoms with Crippen molar-refractivity contribution in [3.8, 4) is 11.5 Å². The number of aromatic nitrogens is 3. The second-order valence-corrected chi connectivity index (χ2v) is 9.77. The summed E-state index contributed by atoms with van der Waals surface area (Å²) in [6, 6.07) is 10.3. The number of hydrogen-bond donors (Lipinski definition) is 3. The van der Waals surface area contributed by atoms with Gasteiger partial charge in [0.2, 0.25) is 5.16 Å². The summed E-state index contributed by atoms with van der Waals surface area (Å²) < 4.78 is 38.1. The summed E-state index contributed by atoms with van der Waals surface area (Å²) in [5, 5.41) is 10.4. The van der Waals surface area contributed by atoms with Crippen molar-refractivity contribution >= 4 is 45.0 Å². The van der Waals surface area contributed by atoms with Crippen molar-refractivity contribution in [2.75, 3.05) is 30.7 Å². The molecule has 0 bridgehead atoms. The number of thioether (sulfide) groups is 1. The van der Waals surface area contributed by atoms with E-state index in [0.29, 0.717) is 34.6 Å². The number of aromatic amines is 1. The van der Waals surface area contributed by atoms with Gasteiger partial charge in [0, 0.05) is 12.3 Å². The summed E-state index contributed by atoms with van der Waals surface area (Å²) in [6.07, 6.45) is 0. The van der Waals surface area contributed by atoms with Crippen LogP contribution in [0.1, 0.15) is 5.82 Å². The van der Waals surface area contributed by atoms with Crippen LogP contribution in [-0.2, 0) is 14.8 Å². The van der Waals surface area contributed by atoms with E-state index in [2.05, 4.69) is 25.2 Å². The average Bonchev–Trinajstić information content (AvgIpc) is 3.20. The maximum absolute atomic E-state index is 12.6. The largest absolute Gasteiger partial charge is 0.495 e. The van der Waals surface area contributed by atoms with Crippen molar-refractivity contribution in [3.05, 3.63) is 53.3 Å². The zero-order valence-electron chi connectivity index (χ0n) is 17.8. The van der Waals surface area contributed by atoms with E-state index in [9.17, 15) is 13.2 Å². The molecular formula is C20H22ClN5O5S2. The summed E-state index contributed by atoms with van der Waals surface area (Å²) in [5.41, 5.74) is 0.300. The van der Waals surface area contributed by atoms with Crippen molar-refractivity contribution in [3.63, 3.8) is 0 Å². The van der Waals surface area contributed by atoms with Gasteiger partial charge in [0.1, 0.15) is 17.3 Å². The number of nitrogens with one attached hydrogen (secondary N) is 3. The Hall–Kier alpha value is -2.96. The topological polar surface area (TPSA) is 135 Å². The molecule has 0 unspecified atom stereocenters. The first kappa shape index (κ1) is 24.7. The van der Waals surface area contributed by atoms with Gasteiger partial charge in [-0.1, -0.05) is 23.4 Å². The standard InChI is InChI=1S/C20H22ClN5O5S2/c1-13-23-20(25-24-13)32-10-9-22-19(27)12-31-15-4-6-16(7-5-15)33(28,29)26-14-3-8-18(30-2)17(21)11-14/h3-8,11,26H,9-10,12H2,1-2H3,(H,22,27)(H,23,24,25). The Morgan fingerprint density at radius 1 is 1.21 bits per heavy atom. The zero-order valence-corrected chi connectivity index (χ0v) is 20.2. The quantitative estimate of drug-likeness (QED) is 0.264. The Bertz CT molecular complexity index is 1200. The van der Waals surface area contributed by atoms with Crippen LogP contribution < -0.4 is 19.5 Å². The number of methoxy groups -OCH3 is 1. The molecule has 3 aromatic rings. The Morgan fingerprint density at radius 2 is 1.97 bits per heavy atom. The fourth-order valence-corrected chi connectivity index (χ4v) is 4.58. The molecule has 13 heteroatoms. The van der Waals surface area contributed by atoms with E-state index in [-0.39, 0.29) is 22.4 Å². The molecule has 176 valence electrons. The van der Waals surface area contributed by atoms with Crippen molar-refractivity contribution in [2.45, 2.75) is 17.0 Å². The number of anilines is 1. The fourth-order valence-electron chi connectivity index (χ4n) is 2.58. The van der Waals surface area contributed by atoms with E-state index in [1.807, 2.05) is 6.92 Å². The van der Waals surface area contributed by atoms with E-state index < -0.39 is 10.0 Å². The third kappa shape index (κ3) is 7.27. The van der Waals surface area contributed by atoms with Crippen LogP contribution in [0.2, 0.25) is 5.02 Å². The number of halogens is 1. The number of nitrogens with zero attached hydrogens (tertiary/aromatic N) is 2. The number of amides is 1. The highest BCUT2D eigenvalue weighted by Crippen LogP contribution is 2.28. The summed E-state index contributed by atoms with van der Waals surface area (Å²) in [6.45, 7) is 2.05. The molecule has 3 N–H and O–H groups in total. The summed E-state index contributed by atoms with van der Waals surface area (Å²) in [4.78, 5) is 16.1. The van der Waals surface area contributed by atoms with Gasteiger partial charge in [0.25, 0.3) is 15.9 Å². The van der Waals surface area contributed by atoms with Gasteiger partial charge >= 0.3 is 0 Å². The van der Waals surface area contributed by atoms with Crippen LogP contribution >= 0.6 is 23.4 Å². The van der Waals surface area contributed by atoms with Gasteiger partial charge in [-0.25, -0.2) is 13.4 Å². The lowest BCUT2D eigenvalue weighted by Crippen LogP contribution is -2.30. The van der Waals surface area contributed by atoms with Gasteiger partial charge in [-0.05, 0) is 49.4 Å². The number of sulfonamides is 1. The van der Waals surface area contributed by atoms with Crippen LogP contribution in [0, 0.1) is 6.92 Å². The lowest BCUT2D eigenvalue weighted by molar-refractivity contribution is -0.122. The predicted octanol–water partition coefficient (Wildman–Crippen LogP) is 2.86. The maximum atomic E-state index is 12.6. The average molecular weight is 512 g/mol. The monoisotopic (exact) mass is 511 g/mol. The fraction of sp³-hybridized carbons (Fsp3) is 0.250. The number of benzene rings is 2. The van der Waals surface area contributed by atoms with E-state index in [4.69, 9.17) is 21.1 Å². The molecule has 0 saturated carbocycles. The molecule has 0 atom stereocenters. The Kier molecular flexibility index (Phi) is 8.42. The SMILES string of the molecule is COc1ccc(NS(=O)(=O)c2ccc(OCC(=O)NCCSc3n[nH]c(C)n3)cc2)cc1Cl. The predicted molar refractivity (Wildman–Crippen MR) is 126 cm³/mol. The first-order chi connectivity index (χ1) is 15.8. The minimum absolute atomic E-state index is 0.0329. The Labute approximate surface area is 200 Å². The number of H-pyrrole nitrogens is 1. The molecular weight excluding hydrogens is 490 g/mol. The van der Waals surface area contributed by atoms with Crippen molar-refractivity contribution in [1.82, 2.24) is 20.5 Å². The molecule has 10 nitrogen and oxygen atoms in total. The molecule has 1 aromatic heterocycles. The normalized spacial score (nSPS) is 11.1. The highest BCUT2D eigenvalue weighted by Gasteiger charge is 2.15. The molecule has 0 saturated heterocycles. The highest BCUT2D eigenvalue weighted by molar-refractivity contribution is 7.99. The molecule has 0 fully saturated rings. The van der Waals surface area contributed by atoms with Crippen LogP contribution in [-0.4, -0.2) is 55.5 Å². The zero-order chi connectivity index (χ0) is 23.8. The maximum Gasteiger partial charge on any atom is 0.261 e. The van der Waals surface area contributed by atoms with Gasteiger partial charge < -0.3 is 14.8 Å². The number of rotatable bonds is 11. The molecule has 0 aliphatic carbocycles. The van der Waals surface area contributed by atoms with Crippen LogP contribution in [0.25, 0.3) is 0 Å². The highest BCUT2D eigenvalue weighted by atomic mass is 35.5. The second-order valence-electron chi connectivity index (χ2n) is 6.62. The molecule has 0 aliphatic rings. The molecule has 0 aliphatic heterocycles. The van der Waals surface area contributed by atoms with E-state index in [1.165, 1.54) is 49.2 Å². The van der Waals surface area contributed by atoms with Crippen molar-refractivity contribution in [2.24, 2.45) is 0 Å². The first-order valence-corrected chi connectivity index (χ1v) is 12.5. The van der Waals surface area contributed by atoms with Crippen molar-refractivity contribution in [1.29, 1.82) is 0 Å². The third-order valence-electron chi connectivity index (χ3n) is 4.14. The van der Waals surface area contributed by atoms with Gasteiger partial charge in [0.05, 0.1) is 22.7 Å². The molecule has 0 radical (unpaired) electrons. The molecule has 3 rings (SSSR count). The first-order valence-electron chi connectivity index (χ1n) is 9.64. The molecule has 1 amide bonds. The van der Waals surface area contributed by atoms with Crippen LogP contribution in [0.4, 0.5) is 5.69 Å². The number of hydrogen-bond acceptors (Lipinski definition) is 8. The van der Waals surface area contributed by atoms with Crippen LogP contribution in [0.15, 0.2) is 52.5 Å². The third-order valence-corrected chi connectivity index (χ3v) is 6.68. The molecule has 33 heavy (non-hydrogen) atoms. The Balaban J connectivity index is 1.45. The summed E-state index contributed by atoms with van der Waals surface area (Å²) in [7, 11) is -2.36. The van der Waals surface area contributed by atoms with Gasteiger partial charge in [-0.15, -0.1) is 5.10 Å². The minimum atomic E-state index is -3.83. The van der Waals surface area contributed by atoms with Gasteiger partial charge in [-0.3, -0.25) is 14.6 Å². The van der Waals surface area contributed by atoms with E-state index in [0.717, 1.165) is 5.82 Å². The van der Waals surface area contributed by atoms with Crippen LogP contribution in [0.3, 0.4) is 0 Å². The second kappa shape index (κ2) is 11.3. The van der Waals surface area contributed by atoms with E-state index in [1.54, 1.807) is 12.1 Å². The lowest BCUT2D eigenvalue weighted by Gasteiger charge is -2.11. The van der Waals surface area contributed by atoms with E-state index >= 15 is 0 Å². The summed E-state index contributed by atoms with van der Waals surface area (Å²) >= 11 is 7.46. The van der Waals surface area contributed by atoms with Gasteiger partial charge in [0.15, 0.2) is 6.61 Å². The number of ether oxygens (including phenoxy) is 2. The van der Waals surface area contributed by atoms with Crippen LogP contribution in [0.5, 0.6) is 11.5 Å². The van der Waals surface area contributed by atoms with Crippen molar-refractivity contribution < 1.29 is 22.7 Å². The number of aryl methyl sites for hydroxylation is 1. The summed E-state index contributed by atoms with van der Waals surface area (Å²) in [5.74, 6) is 1.85. The number of carbonyl (C=O) groups is 1. The molecule has 0 spiro atoms. The molecule has 2 aromatic carbocycles. The number of carbonyl (C=O) groups excluding carboxylic acids is 1. The molecule has 1 heterocycles.